The normalized spacial score (nSPS) is 15.7. The summed E-state index contributed by atoms with van der Waals surface area (Å²) in [6.45, 7) is 4.45. The minimum Gasteiger partial charge on any atom is -0.457 e. The van der Waals surface area contributed by atoms with E-state index in [1.165, 1.54) is 11.1 Å². The van der Waals surface area contributed by atoms with E-state index in [0.717, 1.165) is 16.4 Å². The lowest BCUT2D eigenvalue weighted by molar-refractivity contribution is 0.417. The molecule has 1 aliphatic heterocycles. The van der Waals surface area contributed by atoms with Gasteiger partial charge in [0, 0.05) is 21.4 Å². The van der Waals surface area contributed by atoms with Crippen LogP contribution in [0.1, 0.15) is 25.0 Å². The number of para-hydroxylation sites is 1. The molecule has 1 aliphatic rings. The molecule has 0 radical (unpaired) electrons. The molecule has 0 spiro atoms. The Kier molecular flexibility index (Phi) is 2.23. The molecule has 2 aromatic rings. The second-order valence-corrected chi connectivity index (χ2v) is 5.42. The highest BCUT2D eigenvalue weighted by molar-refractivity contribution is 7.80. The molecule has 1 nitrogen and oxygen atoms in total. The third-order valence-electron chi connectivity index (χ3n) is 3.42. The first-order chi connectivity index (χ1) is 8.09. The van der Waals surface area contributed by atoms with E-state index in [9.17, 15) is 0 Å². The van der Waals surface area contributed by atoms with Crippen LogP contribution in [-0.4, -0.2) is 0 Å². The summed E-state index contributed by atoms with van der Waals surface area (Å²) in [4.78, 5) is 0.972. The van der Waals surface area contributed by atoms with Gasteiger partial charge in [-0.3, -0.25) is 0 Å². The van der Waals surface area contributed by atoms with E-state index in [4.69, 9.17) is 4.74 Å². The summed E-state index contributed by atoms with van der Waals surface area (Å²) in [7, 11) is 0. The average Bonchev–Trinajstić information content (AvgIpc) is 2.31. The lowest BCUT2D eigenvalue weighted by Gasteiger charge is -2.34. The molecule has 2 aromatic carbocycles. The molecule has 0 saturated heterocycles. The van der Waals surface area contributed by atoms with E-state index in [0.29, 0.717) is 0 Å². The van der Waals surface area contributed by atoms with Gasteiger partial charge in [0.25, 0.3) is 0 Å². The minimum absolute atomic E-state index is 0.0388. The Morgan fingerprint density at radius 3 is 2.47 bits per heavy atom. The summed E-state index contributed by atoms with van der Waals surface area (Å²) in [5.74, 6) is 1.89. The summed E-state index contributed by atoms with van der Waals surface area (Å²) in [5, 5.41) is 0. The number of rotatable bonds is 0. The second-order valence-electron chi connectivity index (χ2n) is 4.90. The van der Waals surface area contributed by atoms with Gasteiger partial charge < -0.3 is 4.74 Å². The van der Waals surface area contributed by atoms with Crippen molar-refractivity contribution in [2.24, 2.45) is 0 Å². The summed E-state index contributed by atoms with van der Waals surface area (Å²) in [5.41, 5.74) is 2.39. The van der Waals surface area contributed by atoms with E-state index < -0.39 is 0 Å². The summed E-state index contributed by atoms with van der Waals surface area (Å²) in [6.07, 6.45) is 0. The first-order valence-corrected chi connectivity index (χ1v) is 6.14. The fourth-order valence-electron chi connectivity index (χ4n) is 2.43. The van der Waals surface area contributed by atoms with Crippen molar-refractivity contribution in [3.63, 3.8) is 0 Å². The SMILES string of the molecule is CC1(C)c2ccccc2Oc2ccc(S)cc21. The predicted octanol–water partition coefficient (Wildman–Crippen LogP) is 4.41. The first-order valence-electron chi connectivity index (χ1n) is 5.70. The zero-order valence-corrected chi connectivity index (χ0v) is 10.8. The Bertz CT molecular complexity index is 587. The first kappa shape index (κ1) is 10.7. The van der Waals surface area contributed by atoms with Gasteiger partial charge >= 0.3 is 0 Å². The summed E-state index contributed by atoms with van der Waals surface area (Å²) >= 11 is 4.41. The maximum atomic E-state index is 5.93. The van der Waals surface area contributed by atoms with Crippen molar-refractivity contribution in [1.29, 1.82) is 0 Å². The lowest BCUT2D eigenvalue weighted by Crippen LogP contribution is -2.24. The fraction of sp³-hybridized carbons (Fsp3) is 0.200. The van der Waals surface area contributed by atoms with E-state index in [-0.39, 0.29) is 5.41 Å². The third kappa shape index (κ3) is 1.55. The molecule has 2 heteroatoms. The molecular formula is C15H14OS. The molecule has 17 heavy (non-hydrogen) atoms. The Morgan fingerprint density at radius 1 is 0.941 bits per heavy atom. The Labute approximate surface area is 107 Å². The van der Waals surface area contributed by atoms with E-state index in [1.54, 1.807) is 0 Å². The van der Waals surface area contributed by atoms with Crippen LogP contribution in [0.2, 0.25) is 0 Å². The molecule has 0 amide bonds. The highest BCUT2D eigenvalue weighted by Gasteiger charge is 2.33. The van der Waals surface area contributed by atoms with Gasteiger partial charge in [0.15, 0.2) is 0 Å². The molecule has 1 heterocycles. The van der Waals surface area contributed by atoms with Crippen molar-refractivity contribution in [2.75, 3.05) is 0 Å². The number of benzene rings is 2. The Morgan fingerprint density at radius 2 is 1.65 bits per heavy atom. The van der Waals surface area contributed by atoms with E-state index in [1.807, 2.05) is 24.3 Å². The van der Waals surface area contributed by atoms with Crippen molar-refractivity contribution in [3.8, 4) is 11.5 Å². The van der Waals surface area contributed by atoms with Crippen LogP contribution < -0.4 is 4.74 Å². The van der Waals surface area contributed by atoms with Gasteiger partial charge in [-0.2, -0.15) is 0 Å². The monoisotopic (exact) mass is 242 g/mol. The topological polar surface area (TPSA) is 9.23 Å². The summed E-state index contributed by atoms with van der Waals surface area (Å²) < 4.78 is 5.93. The van der Waals surface area contributed by atoms with Crippen LogP contribution >= 0.6 is 12.6 Å². The van der Waals surface area contributed by atoms with Crippen LogP contribution in [0.15, 0.2) is 47.4 Å². The third-order valence-corrected chi connectivity index (χ3v) is 3.69. The van der Waals surface area contributed by atoms with Gasteiger partial charge in [-0.25, -0.2) is 0 Å². The maximum absolute atomic E-state index is 5.93. The number of thiol groups is 1. The molecule has 0 unspecified atom stereocenters. The van der Waals surface area contributed by atoms with E-state index in [2.05, 4.69) is 44.7 Å². The lowest BCUT2D eigenvalue weighted by atomic mass is 9.76. The van der Waals surface area contributed by atoms with Gasteiger partial charge in [0.2, 0.25) is 0 Å². The molecule has 0 aromatic heterocycles. The molecule has 86 valence electrons. The molecule has 0 saturated carbocycles. The van der Waals surface area contributed by atoms with Crippen molar-refractivity contribution >= 4 is 12.6 Å². The zero-order valence-electron chi connectivity index (χ0n) is 9.90. The molecular weight excluding hydrogens is 228 g/mol. The van der Waals surface area contributed by atoms with Crippen LogP contribution in [0.4, 0.5) is 0 Å². The van der Waals surface area contributed by atoms with Crippen LogP contribution in [0, 0.1) is 0 Å². The Hall–Kier alpha value is -1.41. The standard InChI is InChI=1S/C15H14OS/c1-15(2)11-5-3-4-6-13(11)16-14-8-7-10(17)9-12(14)15/h3-9,17H,1-2H3. The molecule has 0 fully saturated rings. The van der Waals surface area contributed by atoms with Gasteiger partial charge in [-0.05, 0) is 24.3 Å². The van der Waals surface area contributed by atoms with E-state index >= 15 is 0 Å². The predicted molar refractivity (Wildman–Crippen MR) is 72.3 cm³/mol. The average molecular weight is 242 g/mol. The van der Waals surface area contributed by atoms with Gasteiger partial charge in [0.1, 0.15) is 11.5 Å². The van der Waals surface area contributed by atoms with Crippen molar-refractivity contribution in [1.82, 2.24) is 0 Å². The molecule has 0 aliphatic carbocycles. The molecule has 0 N–H and O–H groups in total. The van der Waals surface area contributed by atoms with Gasteiger partial charge in [0.05, 0.1) is 0 Å². The Balaban J connectivity index is 2.27. The highest BCUT2D eigenvalue weighted by atomic mass is 32.1. The maximum Gasteiger partial charge on any atom is 0.131 e. The van der Waals surface area contributed by atoms with Crippen LogP contribution in [-0.2, 0) is 5.41 Å². The van der Waals surface area contributed by atoms with Gasteiger partial charge in [-0.1, -0.05) is 32.0 Å². The van der Waals surface area contributed by atoms with Crippen molar-refractivity contribution in [3.05, 3.63) is 53.6 Å². The van der Waals surface area contributed by atoms with Crippen LogP contribution in [0.25, 0.3) is 0 Å². The minimum atomic E-state index is -0.0388. The summed E-state index contributed by atoms with van der Waals surface area (Å²) in [6, 6.07) is 14.3. The van der Waals surface area contributed by atoms with Crippen molar-refractivity contribution < 1.29 is 4.74 Å². The largest absolute Gasteiger partial charge is 0.457 e. The second kappa shape index (κ2) is 3.54. The quantitative estimate of drug-likeness (QED) is 0.673. The number of hydrogen-bond acceptors (Lipinski definition) is 2. The van der Waals surface area contributed by atoms with Crippen LogP contribution in [0.3, 0.4) is 0 Å². The van der Waals surface area contributed by atoms with Crippen molar-refractivity contribution in [2.45, 2.75) is 24.2 Å². The van der Waals surface area contributed by atoms with Crippen LogP contribution in [0.5, 0.6) is 11.5 Å². The zero-order chi connectivity index (χ0) is 12.0. The molecule has 0 bridgehead atoms. The molecule has 3 rings (SSSR count). The highest BCUT2D eigenvalue weighted by Crippen LogP contribution is 2.47. The molecule has 0 atom stereocenters. The smallest absolute Gasteiger partial charge is 0.131 e. The fourth-order valence-corrected chi connectivity index (χ4v) is 2.63. The number of fused-ring (bicyclic) bond motifs is 2. The number of hydrogen-bond donors (Lipinski definition) is 1. The number of ether oxygens (including phenoxy) is 1. The van der Waals surface area contributed by atoms with Gasteiger partial charge in [-0.15, -0.1) is 12.6 Å².